The van der Waals surface area contributed by atoms with E-state index in [2.05, 4.69) is 15.3 Å². The van der Waals surface area contributed by atoms with Gasteiger partial charge in [0.15, 0.2) is 17.8 Å². The van der Waals surface area contributed by atoms with E-state index < -0.39 is 0 Å². The number of carbonyl (C=O) groups is 1. The Morgan fingerprint density at radius 3 is 2.76 bits per heavy atom. The third-order valence-electron chi connectivity index (χ3n) is 4.14. The normalized spacial score (nSPS) is 10.9. The van der Waals surface area contributed by atoms with Gasteiger partial charge in [0.25, 0.3) is 5.91 Å². The van der Waals surface area contributed by atoms with Crippen molar-refractivity contribution in [1.29, 1.82) is 0 Å². The molecule has 8 heteroatoms. The van der Waals surface area contributed by atoms with Gasteiger partial charge < -0.3 is 14.5 Å². The number of anilines is 1. The second kappa shape index (κ2) is 8.11. The number of pyridine rings is 1. The Bertz CT molecular complexity index is 1170. The van der Waals surface area contributed by atoms with Crippen molar-refractivity contribution < 1.29 is 13.9 Å². The number of hydrogen-bond donors (Lipinski definition) is 1. The van der Waals surface area contributed by atoms with Crippen molar-refractivity contribution in [3.8, 4) is 17.2 Å². The molecule has 2 aromatic carbocycles. The Kier molecular flexibility index (Phi) is 5.38. The van der Waals surface area contributed by atoms with Crippen LogP contribution in [0.1, 0.15) is 5.56 Å². The summed E-state index contributed by atoms with van der Waals surface area (Å²) in [7, 11) is 0. The number of aromatic nitrogens is 2. The van der Waals surface area contributed by atoms with Gasteiger partial charge in [-0.3, -0.25) is 4.79 Å². The molecule has 0 bridgehead atoms. The van der Waals surface area contributed by atoms with E-state index in [0.717, 1.165) is 5.56 Å². The fourth-order valence-corrected chi connectivity index (χ4v) is 3.02. The minimum Gasteiger partial charge on any atom is -0.484 e. The summed E-state index contributed by atoms with van der Waals surface area (Å²) in [5.41, 5.74) is 3.01. The number of oxazole rings is 1. The molecule has 0 saturated heterocycles. The molecule has 2 aromatic heterocycles. The van der Waals surface area contributed by atoms with Gasteiger partial charge in [-0.15, -0.1) is 0 Å². The first kappa shape index (κ1) is 19.2. The second-order valence-corrected chi connectivity index (χ2v) is 7.10. The first-order chi connectivity index (χ1) is 14.0. The largest absolute Gasteiger partial charge is 0.484 e. The Morgan fingerprint density at radius 1 is 1.14 bits per heavy atom. The average Bonchev–Trinajstić information content (AvgIpc) is 3.14. The SMILES string of the molecule is Cc1cc(OCC(=O)Nc2ccc(Cl)c(-c3nc4ncccc4o3)c2)ccc1Cl. The van der Waals surface area contributed by atoms with Crippen LogP contribution in [0.4, 0.5) is 5.69 Å². The molecular weight excluding hydrogens is 413 g/mol. The molecule has 29 heavy (non-hydrogen) atoms. The minimum atomic E-state index is -0.315. The van der Waals surface area contributed by atoms with Crippen LogP contribution in [0.3, 0.4) is 0 Å². The molecule has 0 aliphatic rings. The number of amides is 1. The smallest absolute Gasteiger partial charge is 0.262 e. The lowest BCUT2D eigenvalue weighted by Gasteiger charge is -2.10. The van der Waals surface area contributed by atoms with Gasteiger partial charge in [0, 0.05) is 16.9 Å². The zero-order chi connectivity index (χ0) is 20.4. The summed E-state index contributed by atoms with van der Waals surface area (Å²) in [4.78, 5) is 20.8. The van der Waals surface area contributed by atoms with Gasteiger partial charge in [-0.05, 0) is 61.0 Å². The third kappa shape index (κ3) is 4.34. The first-order valence-corrected chi connectivity index (χ1v) is 9.45. The molecule has 0 fully saturated rings. The van der Waals surface area contributed by atoms with E-state index in [4.69, 9.17) is 32.4 Å². The number of fused-ring (bicyclic) bond motifs is 1. The highest BCUT2D eigenvalue weighted by Gasteiger charge is 2.14. The van der Waals surface area contributed by atoms with E-state index in [1.807, 2.05) is 6.92 Å². The number of halogens is 2. The Labute approximate surface area is 176 Å². The van der Waals surface area contributed by atoms with Crippen molar-refractivity contribution in [3.63, 3.8) is 0 Å². The molecule has 4 rings (SSSR count). The van der Waals surface area contributed by atoms with E-state index in [1.54, 1.807) is 54.7 Å². The zero-order valence-corrected chi connectivity index (χ0v) is 16.8. The van der Waals surface area contributed by atoms with E-state index in [-0.39, 0.29) is 12.5 Å². The molecule has 0 radical (unpaired) electrons. The third-order valence-corrected chi connectivity index (χ3v) is 4.90. The van der Waals surface area contributed by atoms with Crippen LogP contribution in [0.5, 0.6) is 5.75 Å². The Hall–Kier alpha value is -3.09. The summed E-state index contributed by atoms with van der Waals surface area (Å²) in [6.45, 7) is 1.72. The van der Waals surface area contributed by atoms with Crippen molar-refractivity contribution in [2.24, 2.45) is 0 Å². The summed E-state index contributed by atoms with van der Waals surface area (Å²) >= 11 is 12.3. The number of hydrogen-bond acceptors (Lipinski definition) is 5. The molecule has 1 amide bonds. The van der Waals surface area contributed by atoms with E-state index in [0.29, 0.717) is 44.2 Å². The number of carbonyl (C=O) groups excluding carboxylic acids is 1. The summed E-state index contributed by atoms with van der Waals surface area (Å²) < 4.78 is 11.2. The summed E-state index contributed by atoms with van der Waals surface area (Å²) in [6, 6.07) is 13.8. The van der Waals surface area contributed by atoms with Gasteiger partial charge in [-0.2, -0.15) is 4.98 Å². The van der Waals surface area contributed by atoms with E-state index in [9.17, 15) is 4.79 Å². The number of nitrogens with one attached hydrogen (secondary N) is 1. The van der Waals surface area contributed by atoms with Crippen LogP contribution in [0.2, 0.25) is 10.0 Å². The van der Waals surface area contributed by atoms with Crippen molar-refractivity contribution in [3.05, 3.63) is 70.3 Å². The fraction of sp³-hybridized carbons (Fsp3) is 0.0952. The number of rotatable bonds is 5. The van der Waals surface area contributed by atoms with Gasteiger partial charge in [-0.1, -0.05) is 23.2 Å². The van der Waals surface area contributed by atoms with Gasteiger partial charge in [0.2, 0.25) is 5.89 Å². The number of nitrogens with zero attached hydrogens (tertiary/aromatic N) is 2. The molecule has 1 N–H and O–H groups in total. The molecule has 6 nitrogen and oxygen atoms in total. The Morgan fingerprint density at radius 2 is 1.97 bits per heavy atom. The van der Waals surface area contributed by atoms with Crippen molar-refractivity contribution in [2.45, 2.75) is 6.92 Å². The van der Waals surface area contributed by atoms with Gasteiger partial charge in [0.05, 0.1) is 10.6 Å². The molecular formula is C21H15Cl2N3O3. The van der Waals surface area contributed by atoms with E-state index in [1.165, 1.54) is 0 Å². The maximum Gasteiger partial charge on any atom is 0.262 e. The molecule has 0 unspecified atom stereocenters. The van der Waals surface area contributed by atoms with Crippen molar-refractivity contribution >= 4 is 46.0 Å². The van der Waals surface area contributed by atoms with E-state index >= 15 is 0 Å². The lowest BCUT2D eigenvalue weighted by atomic mass is 10.2. The summed E-state index contributed by atoms with van der Waals surface area (Å²) in [5, 5.41) is 3.87. The molecule has 146 valence electrons. The van der Waals surface area contributed by atoms with Crippen LogP contribution in [-0.2, 0) is 4.79 Å². The van der Waals surface area contributed by atoms with Gasteiger partial charge in [-0.25, -0.2) is 4.98 Å². The van der Waals surface area contributed by atoms with Crippen molar-refractivity contribution in [2.75, 3.05) is 11.9 Å². The fourth-order valence-electron chi connectivity index (χ4n) is 2.70. The molecule has 0 saturated carbocycles. The lowest BCUT2D eigenvalue weighted by molar-refractivity contribution is -0.118. The molecule has 0 spiro atoms. The molecule has 0 aliphatic heterocycles. The van der Waals surface area contributed by atoms with Crippen LogP contribution in [0.15, 0.2) is 59.1 Å². The minimum absolute atomic E-state index is 0.147. The summed E-state index contributed by atoms with van der Waals surface area (Å²) in [6.07, 6.45) is 1.63. The number of ether oxygens (including phenoxy) is 1. The first-order valence-electron chi connectivity index (χ1n) is 8.70. The standard InChI is InChI=1S/C21H15Cl2N3O3/c1-12-9-14(5-7-16(12)22)28-11-19(27)25-13-4-6-17(23)15(10-13)21-26-20-18(29-21)3-2-8-24-20/h2-10H,11H2,1H3,(H,25,27). The maximum absolute atomic E-state index is 12.3. The highest BCUT2D eigenvalue weighted by molar-refractivity contribution is 6.33. The second-order valence-electron chi connectivity index (χ2n) is 6.29. The maximum atomic E-state index is 12.3. The molecule has 4 aromatic rings. The molecule has 0 atom stereocenters. The van der Waals surface area contributed by atoms with Gasteiger partial charge in [0.1, 0.15) is 5.75 Å². The summed E-state index contributed by atoms with van der Waals surface area (Å²) in [5.74, 6) is 0.579. The predicted octanol–water partition coefficient (Wildman–Crippen LogP) is 5.52. The average molecular weight is 428 g/mol. The van der Waals surface area contributed by atoms with Crippen LogP contribution < -0.4 is 10.1 Å². The molecule has 0 aliphatic carbocycles. The zero-order valence-electron chi connectivity index (χ0n) is 15.3. The Balaban J connectivity index is 1.48. The van der Waals surface area contributed by atoms with Crippen molar-refractivity contribution in [1.82, 2.24) is 9.97 Å². The molecule has 2 heterocycles. The van der Waals surface area contributed by atoms with Crippen LogP contribution >= 0.6 is 23.2 Å². The number of benzene rings is 2. The van der Waals surface area contributed by atoms with Crippen LogP contribution in [0, 0.1) is 6.92 Å². The topological polar surface area (TPSA) is 77.2 Å². The monoisotopic (exact) mass is 427 g/mol. The van der Waals surface area contributed by atoms with Gasteiger partial charge >= 0.3 is 0 Å². The van der Waals surface area contributed by atoms with Crippen LogP contribution in [0.25, 0.3) is 22.7 Å². The number of aryl methyl sites for hydroxylation is 1. The lowest BCUT2D eigenvalue weighted by Crippen LogP contribution is -2.20. The van der Waals surface area contributed by atoms with Crippen LogP contribution in [-0.4, -0.2) is 22.5 Å². The quantitative estimate of drug-likeness (QED) is 0.453. The highest BCUT2D eigenvalue weighted by Crippen LogP contribution is 2.31. The predicted molar refractivity (Wildman–Crippen MR) is 113 cm³/mol. The highest BCUT2D eigenvalue weighted by atomic mass is 35.5.